The monoisotopic (exact) mass is 366 g/mol. The summed E-state index contributed by atoms with van der Waals surface area (Å²) in [7, 11) is 0. The number of aromatic nitrogens is 2. The van der Waals surface area contributed by atoms with E-state index in [4.69, 9.17) is 0 Å². The number of alkyl halides is 3. The van der Waals surface area contributed by atoms with E-state index in [0.29, 0.717) is 18.5 Å². The summed E-state index contributed by atoms with van der Waals surface area (Å²) in [5, 5.41) is 5.47. The molecule has 0 aromatic carbocycles. The van der Waals surface area contributed by atoms with Crippen LogP contribution in [0, 0.1) is 12.8 Å². The summed E-state index contributed by atoms with van der Waals surface area (Å²) in [5.41, 5.74) is 2.39. The molecule has 140 valence electrons. The maximum Gasteiger partial charge on any atom is 0.408 e. The molecule has 4 rings (SSSR count). The van der Waals surface area contributed by atoms with Crippen molar-refractivity contribution in [2.45, 2.75) is 44.3 Å². The van der Waals surface area contributed by atoms with Crippen LogP contribution in [-0.2, 0) is 0 Å². The predicted molar refractivity (Wildman–Crippen MR) is 90.2 cm³/mol. The van der Waals surface area contributed by atoms with Gasteiger partial charge >= 0.3 is 6.18 Å². The Balaban J connectivity index is 1.66. The number of hydrogen-bond donors (Lipinski definition) is 2. The lowest BCUT2D eigenvalue weighted by molar-refractivity contribution is -0.158. The Morgan fingerprint density at radius 2 is 2.15 bits per heavy atom. The van der Waals surface area contributed by atoms with Gasteiger partial charge in [-0.3, -0.25) is 4.79 Å². The molecular formula is C18H21F3N4O. The van der Waals surface area contributed by atoms with Crippen LogP contribution in [0.3, 0.4) is 0 Å². The Kier molecular flexibility index (Phi) is 4.17. The van der Waals surface area contributed by atoms with Gasteiger partial charge in [0.1, 0.15) is 11.7 Å². The van der Waals surface area contributed by atoms with Gasteiger partial charge in [0.05, 0.1) is 5.56 Å². The zero-order valence-electron chi connectivity index (χ0n) is 14.4. The molecule has 1 saturated carbocycles. The highest BCUT2D eigenvalue weighted by Gasteiger charge is 2.49. The van der Waals surface area contributed by atoms with Gasteiger partial charge in [-0.1, -0.05) is 0 Å². The molecule has 1 aliphatic carbocycles. The van der Waals surface area contributed by atoms with Gasteiger partial charge in [0.15, 0.2) is 0 Å². The van der Waals surface area contributed by atoms with E-state index in [1.807, 2.05) is 13.0 Å². The van der Waals surface area contributed by atoms with Gasteiger partial charge in [-0.25, -0.2) is 4.98 Å². The first-order valence-corrected chi connectivity index (χ1v) is 8.91. The Labute approximate surface area is 149 Å². The van der Waals surface area contributed by atoms with Crippen molar-refractivity contribution in [1.29, 1.82) is 0 Å². The van der Waals surface area contributed by atoms with Crippen molar-refractivity contribution in [2.75, 3.05) is 13.1 Å². The lowest BCUT2D eigenvalue weighted by Crippen LogP contribution is -2.46. The first-order chi connectivity index (χ1) is 12.3. The second kappa shape index (κ2) is 6.26. The molecule has 2 unspecified atom stereocenters. The summed E-state index contributed by atoms with van der Waals surface area (Å²) in [6.45, 7) is 3.65. The van der Waals surface area contributed by atoms with E-state index in [9.17, 15) is 18.0 Å². The fraction of sp³-hybridized carbons (Fsp3) is 0.556. The van der Waals surface area contributed by atoms with E-state index in [2.05, 4.69) is 15.6 Å². The second-order valence-corrected chi connectivity index (χ2v) is 7.27. The fourth-order valence-electron chi connectivity index (χ4n) is 3.67. The highest BCUT2D eigenvalue weighted by atomic mass is 19.4. The minimum atomic E-state index is -4.43. The predicted octanol–water partition coefficient (Wildman–Crippen LogP) is 2.79. The molecule has 2 aliphatic rings. The lowest BCUT2D eigenvalue weighted by atomic mass is 10.0. The molecular weight excluding hydrogens is 345 g/mol. The first kappa shape index (κ1) is 17.3. The number of carbonyl (C=O) groups is 1. The SMILES string of the molecule is Cc1cc(C2CCNC2)nc2c(C(=O)NC(C3CC3)C(F)(F)F)ccn12. The molecule has 2 aromatic heterocycles. The maximum atomic E-state index is 13.2. The quantitative estimate of drug-likeness (QED) is 0.875. The van der Waals surface area contributed by atoms with Crippen LogP contribution in [0.15, 0.2) is 18.3 Å². The van der Waals surface area contributed by atoms with Crippen LogP contribution in [0.25, 0.3) is 5.65 Å². The van der Waals surface area contributed by atoms with Crippen molar-refractivity contribution >= 4 is 11.6 Å². The van der Waals surface area contributed by atoms with Crippen LogP contribution >= 0.6 is 0 Å². The summed E-state index contributed by atoms with van der Waals surface area (Å²) >= 11 is 0. The maximum absolute atomic E-state index is 13.2. The van der Waals surface area contributed by atoms with Crippen LogP contribution in [0.5, 0.6) is 0 Å². The standard InChI is InChI=1S/C18H21F3N4O/c1-10-8-14(12-4-6-22-9-12)23-16-13(5-7-25(10)16)17(26)24-15(11-2-3-11)18(19,20)21/h5,7-8,11-12,15,22H,2-4,6,9H2,1H3,(H,24,26). The number of aryl methyl sites for hydroxylation is 1. The van der Waals surface area contributed by atoms with Gasteiger partial charge < -0.3 is 15.0 Å². The van der Waals surface area contributed by atoms with Crippen LogP contribution in [-0.4, -0.2) is 40.6 Å². The van der Waals surface area contributed by atoms with Crippen LogP contribution in [0.1, 0.15) is 46.9 Å². The molecule has 0 spiro atoms. The van der Waals surface area contributed by atoms with Gasteiger partial charge in [0.2, 0.25) is 0 Å². The molecule has 8 heteroatoms. The minimum absolute atomic E-state index is 0.191. The van der Waals surface area contributed by atoms with E-state index in [-0.39, 0.29) is 11.5 Å². The largest absolute Gasteiger partial charge is 0.408 e. The summed E-state index contributed by atoms with van der Waals surface area (Å²) in [6.07, 6.45) is -0.795. The first-order valence-electron chi connectivity index (χ1n) is 8.91. The van der Waals surface area contributed by atoms with Crippen LogP contribution in [0.4, 0.5) is 13.2 Å². The molecule has 2 N–H and O–H groups in total. The molecule has 1 saturated heterocycles. The number of nitrogens with zero attached hydrogens (tertiary/aromatic N) is 2. The highest BCUT2D eigenvalue weighted by Crippen LogP contribution is 2.40. The van der Waals surface area contributed by atoms with Crippen molar-refractivity contribution in [3.63, 3.8) is 0 Å². The molecule has 1 amide bonds. The molecule has 0 bridgehead atoms. The topological polar surface area (TPSA) is 58.4 Å². The van der Waals surface area contributed by atoms with Crippen molar-refractivity contribution in [2.24, 2.45) is 5.92 Å². The van der Waals surface area contributed by atoms with Gasteiger partial charge in [-0.15, -0.1) is 0 Å². The zero-order valence-corrected chi connectivity index (χ0v) is 14.4. The second-order valence-electron chi connectivity index (χ2n) is 7.27. The van der Waals surface area contributed by atoms with E-state index < -0.39 is 24.0 Å². The summed E-state index contributed by atoms with van der Waals surface area (Å²) in [5.74, 6) is -0.961. The number of halogens is 3. The number of amides is 1. The van der Waals surface area contributed by atoms with Crippen molar-refractivity contribution in [1.82, 2.24) is 20.0 Å². The number of nitrogens with one attached hydrogen (secondary N) is 2. The average molecular weight is 366 g/mol. The zero-order chi connectivity index (χ0) is 18.5. The number of hydrogen-bond acceptors (Lipinski definition) is 3. The van der Waals surface area contributed by atoms with E-state index in [1.54, 1.807) is 16.7 Å². The third kappa shape index (κ3) is 3.18. The number of carbonyl (C=O) groups excluding carboxylic acids is 1. The van der Waals surface area contributed by atoms with E-state index in [1.165, 1.54) is 0 Å². The summed E-state index contributed by atoms with van der Waals surface area (Å²) in [6, 6.07) is 1.74. The molecule has 1 aliphatic heterocycles. The van der Waals surface area contributed by atoms with E-state index >= 15 is 0 Å². The number of rotatable bonds is 4. The molecule has 2 atom stereocenters. The highest BCUT2D eigenvalue weighted by molar-refractivity contribution is 6.00. The minimum Gasteiger partial charge on any atom is -0.340 e. The van der Waals surface area contributed by atoms with Gasteiger partial charge in [0.25, 0.3) is 5.91 Å². The fourth-order valence-corrected chi connectivity index (χ4v) is 3.67. The van der Waals surface area contributed by atoms with Crippen molar-refractivity contribution in [3.05, 3.63) is 35.3 Å². The van der Waals surface area contributed by atoms with Crippen LogP contribution < -0.4 is 10.6 Å². The summed E-state index contributed by atoms with van der Waals surface area (Å²) in [4.78, 5) is 17.2. The average Bonchev–Trinajstić information content (AvgIpc) is 3.09. The lowest BCUT2D eigenvalue weighted by Gasteiger charge is -2.21. The molecule has 0 radical (unpaired) electrons. The molecule has 2 aromatic rings. The number of fused-ring (bicyclic) bond motifs is 1. The van der Waals surface area contributed by atoms with Crippen LogP contribution in [0.2, 0.25) is 0 Å². The Bertz CT molecular complexity index is 835. The van der Waals surface area contributed by atoms with Gasteiger partial charge in [-0.2, -0.15) is 13.2 Å². The smallest absolute Gasteiger partial charge is 0.340 e. The third-order valence-electron chi connectivity index (χ3n) is 5.29. The Morgan fingerprint density at radius 1 is 1.38 bits per heavy atom. The molecule has 3 heterocycles. The molecule has 26 heavy (non-hydrogen) atoms. The van der Waals surface area contributed by atoms with Crippen molar-refractivity contribution < 1.29 is 18.0 Å². The van der Waals surface area contributed by atoms with Gasteiger partial charge in [-0.05, 0) is 50.8 Å². The normalized spacial score (nSPS) is 21.9. The summed E-state index contributed by atoms with van der Waals surface area (Å²) < 4.78 is 41.4. The van der Waals surface area contributed by atoms with Crippen molar-refractivity contribution in [3.8, 4) is 0 Å². The van der Waals surface area contributed by atoms with E-state index in [0.717, 1.165) is 30.9 Å². The van der Waals surface area contributed by atoms with Gasteiger partial charge in [0, 0.05) is 30.0 Å². The Morgan fingerprint density at radius 3 is 2.77 bits per heavy atom. The molecule has 5 nitrogen and oxygen atoms in total. The Hall–Kier alpha value is -2.09. The molecule has 2 fully saturated rings. The third-order valence-corrected chi connectivity index (χ3v) is 5.29.